The Morgan fingerprint density at radius 1 is 1.04 bits per heavy atom. The van der Waals surface area contributed by atoms with Crippen LogP contribution in [-0.4, -0.2) is 31.7 Å². The van der Waals surface area contributed by atoms with Crippen molar-refractivity contribution < 1.29 is 13.2 Å². The molecule has 23 heavy (non-hydrogen) atoms. The third-order valence-electron chi connectivity index (χ3n) is 4.00. The highest BCUT2D eigenvalue weighted by molar-refractivity contribution is 7.89. The van der Waals surface area contributed by atoms with Gasteiger partial charge in [0.15, 0.2) is 0 Å². The zero-order chi connectivity index (χ0) is 16.4. The van der Waals surface area contributed by atoms with Gasteiger partial charge in [-0.2, -0.15) is 4.31 Å². The van der Waals surface area contributed by atoms with Crippen molar-refractivity contribution in [2.24, 2.45) is 0 Å². The molecule has 1 unspecified atom stereocenters. The minimum absolute atomic E-state index is 0.202. The van der Waals surface area contributed by atoms with Crippen molar-refractivity contribution in [3.63, 3.8) is 0 Å². The summed E-state index contributed by atoms with van der Waals surface area (Å²) in [6, 6.07) is 14.8. The number of sulfonamides is 1. The number of nitrogens with zero attached hydrogens (tertiary/aromatic N) is 1. The van der Waals surface area contributed by atoms with E-state index in [1.807, 2.05) is 25.1 Å². The zero-order valence-corrected chi connectivity index (χ0v) is 13.6. The molecule has 6 heteroatoms. The second-order valence-corrected chi connectivity index (χ2v) is 7.37. The van der Waals surface area contributed by atoms with Crippen LogP contribution in [0.5, 0.6) is 0 Å². The van der Waals surface area contributed by atoms with Crippen LogP contribution in [0.2, 0.25) is 0 Å². The lowest BCUT2D eigenvalue weighted by Gasteiger charge is -2.34. The molecule has 2 aromatic carbocycles. The number of carbonyl (C=O) groups excluding carboxylic acids is 1. The number of nitrogens with one attached hydrogen (secondary N) is 1. The summed E-state index contributed by atoms with van der Waals surface area (Å²) < 4.78 is 27.2. The summed E-state index contributed by atoms with van der Waals surface area (Å²) in [5.74, 6) is -0.287. The van der Waals surface area contributed by atoms with E-state index in [2.05, 4.69) is 5.32 Å². The number of piperazine rings is 1. The fourth-order valence-corrected chi connectivity index (χ4v) is 4.41. The van der Waals surface area contributed by atoms with Crippen molar-refractivity contribution in [1.29, 1.82) is 0 Å². The Morgan fingerprint density at radius 3 is 2.39 bits per heavy atom. The molecule has 1 saturated heterocycles. The summed E-state index contributed by atoms with van der Waals surface area (Å²) in [7, 11) is -3.74. The van der Waals surface area contributed by atoms with Crippen LogP contribution in [0.4, 0.5) is 0 Å². The molecule has 0 radical (unpaired) electrons. The number of benzene rings is 2. The highest BCUT2D eigenvalue weighted by Gasteiger charge is 2.39. The first-order valence-electron chi connectivity index (χ1n) is 7.42. The predicted octanol–water partition coefficient (Wildman–Crippen LogP) is 1.86. The number of carbonyl (C=O) groups is 1. The summed E-state index contributed by atoms with van der Waals surface area (Å²) in [5.41, 5.74) is 1.60. The van der Waals surface area contributed by atoms with Gasteiger partial charge in [0, 0.05) is 13.1 Å². The Hall–Kier alpha value is -2.18. The van der Waals surface area contributed by atoms with Crippen LogP contribution >= 0.6 is 0 Å². The van der Waals surface area contributed by atoms with Crippen LogP contribution < -0.4 is 5.32 Å². The maximum absolute atomic E-state index is 13.0. The van der Waals surface area contributed by atoms with Gasteiger partial charge in [-0.3, -0.25) is 4.79 Å². The van der Waals surface area contributed by atoms with E-state index in [-0.39, 0.29) is 17.3 Å². The van der Waals surface area contributed by atoms with Gasteiger partial charge in [0.1, 0.15) is 6.04 Å². The topological polar surface area (TPSA) is 66.5 Å². The van der Waals surface area contributed by atoms with Crippen molar-refractivity contribution in [2.45, 2.75) is 17.9 Å². The fraction of sp³-hybridized carbons (Fsp3) is 0.235. The molecule has 1 aliphatic rings. The molecule has 0 aromatic heterocycles. The molecule has 120 valence electrons. The number of aryl methyl sites for hydroxylation is 1. The van der Waals surface area contributed by atoms with Gasteiger partial charge in [0.25, 0.3) is 0 Å². The van der Waals surface area contributed by atoms with E-state index >= 15 is 0 Å². The zero-order valence-electron chi connectivity index (χ0n) is 12.8. The highest BCUT2D eigenvalue weighted by atomic mass is 32.2. The number of hydrogen-bond acceptors (Lipinski definition) is 3. The Morgan fingerprint density at radius 2 is 1.70 bits per heavy atom. The standard InChI is InChI=1S/C17H18N2O3S/c1-13-7-5-6-10-15(13)16-17(20)18-11-12-19(16)23(21,22)14-8-3-2-4-9-14/h2-10,16H,11-12H2,1H3,(H,18,20). The van der Waals surface area contributed by atoms with E-state index < -0.39 is 16.1 Å². The third-order valence-corrected chi connectivity index (χ3v) is 5.88. The van der Waals surface area contributed by atoms with Crippen LogP contribution in [0.3, 0.4) is 0 Å². The molecule has 1 aliphatic heterocycles. The molecule has 2 aromatic rings. The van der Waals surface area contributed by atoms with E-state index in [9.17, 15) is 13.2 Å². The van der Waals surface area contributed by atoms with Gasteiger partial charge in [0.2, 0.25) is 15.9 Å². The molecule has 0 aliphatic carbocycles. The van der Waals surface area contributed by atoms with Crippen LogP contribution in [0, 0.1) is 6.92 Å². The fourth-order valence-electron chi connectivity index (χ4n) is 2.82. The molecule has 0 spiro atoms. The second-order valence-electron chi connectivity index (χ2n) is 5.48. The molecule has 1 amide bonds. The van der Waals surface area contributed by atoms with E-state index in [1.54, 1.807) is 36.4 Å². The van der Waals surface area contributed by atoms with Gasteiger partial charge in [0.05, 0.1) is 4.90 Å². The first-order chi connectivity index (χ1) is 11.0. The summed E-state index contributed by atoms with van der Waals surface area (Å²) in [4.78, 5) is 12.6. The van der Waals surface area contributed by atoms with Crippen molar-refractivity contribution in [3.8, 4) is 0 Å². The van der Waals surface area contributed by atoms with Crippen molar-refractivity contribution >= 4 is 15.9 Å². The van der Waals surface area contributed by atoms with Crippen LogP contribution in [0.15, 0.2) is 59.5 Å². The van der Waals surface area contributed by atoms with Crippen LogP contribution in [-0.2, 0) is 14.8 Å². The van der Waals surface area contributed by atoms with Crippen molar-refractivity contribution in [3.05, 3.63) is 65.7 Å². The largest absolute Gasteiger partial charge is 0.353 e. The Bertz CT molecular complexity index is 819. The van der Waals surface area contributed by atoms with Crippen LogP contribution in [0.25, 0.3) is 0 Å². The second kappa shape index (κ2) is 6.14. The van der Waals surface area contributed by atoms with Gasteiger partial charge >= 0.3 is 0 Å². The van der Waals surface area contributed by atoms with E-state index in [4.69, 9.17) is 0 Å². The molecule has 5 nitrogen and oxygen atoms in total. The lowest BCUT2D eigenvalue weighted by atomic mass is 9.99. The predicted molar refractivity (Wildman–Crippen MR) is 87.3 cm³/mol. The molecule has 1 fully saturated rings. The molecule has 3 rings (SSSR count). The van der Waals surface area contributed by atoms with Gasteiger partial charge in [-0.15, -0.1) is 0 Å². The minimum Gasteiger partial charge on any atom is -0.353 e. The average molecular weight is 330 g/mol. The number of amides is 1. The van der Waals surface area contributed by atoms with E-state index in [0.29, 0.717) is 12.1 Å². The molecular weight excluding hydrogens is 312 g/mol. The van der Waals surface area contributed by atoms with Gasteiger partial charge in [-0.1, -0.05) is 42.5 Å². The quantitative estimate of drug-likeness (QED) is 0.934. The first-order valence-corrected chi connectivity index (χ1v) is 8.86. The van der Waals surface area contributed by atoms with Crippen LogP contribution in [0.1, 0.15) is 17.2 Å². The van der Waals surface area contributed by atoms with Gasteiger partial charge < -0.3 is 5.32 Å². The number of rotatable bonds is 3. The van der Waals surface area contributed by atoms with E-state index in [1.165, 1.54) is 4.31 Å². The molecule has 0 saturated carbocycles. The Labute approximate surface area is 136 Å². The minimum atomic E-state index is -3.74. The van der Waals surface area contributed by atoms with Crippen molar-refractivity contribution in [1.82, 2.24) is 9.62 Å². The molecule has 1 atom stereocenters. The van der Waals surface area contributed by atoms with Crippen molar-refractivity contribution in [2.75, 3.05) is 13.1 Å². The van der Waals surface area contributed by atoms with Gasteiger partial charge in [-0.25, -0.2) is 8.42 Å². The normalized spacial score (nSPS) is 19.3. The summed E-state index contributed by atoms with van der Waals surface area (Å²) in [6.45, 7) is 2.44. The third kappa shape index (κ3) is 2.87. The Balaban J connectivity index is 2.09. The molecule has 1 heterocycles. The smallest absolute Gasteiger partial charge is 0.244 e. The highest BCUT2D eigenvalue weighted by Crippen LogP contribution is 2.31. The Kier molecular flexibility index (Phi) is 4.19. The molecule has 0 bridgehead atoms. The van der Waals surface area contributed by atoms with Gasteiger partial charge in [-0.05, 0) is 30.2 Å². The SMILES string of the molecule is Cc1ccccc1C1C(=O)NCCN1S(=O)(=O)c1ccccc1. The summed E-state index contributed by atoms with van der Waals surface area (Å²) >= 11 is 0. The first kappa shape index (κ1) is 15.7. The number of hydrogen-bond donors (Lipinski definition) is 1. The summed E-state index contributed by atoms with van der Waals surface area (Å²) in [6.07, 6.45) is 0. The van der Waals surface area contributed by atoms with E-state index in [0.717, 1.165) is 5.56 Å². The average Bonchev–Trinajstić information content (AvgIpc) is 2.56. The molecular formula is C17H18N2O3S. The summed E-state index contributed by atoms with van der Waals surface area (Å²) in [5, 5.41) is 2.77. The lowest BCUT2D eigenvalue weighted by Crippen LogP contribution is -2.52. The molecule has 1 N–H and O–H groups in total. The lowest BCUT2D eigenvalue weighted by molar-refractivity contribution is -0.126. The maximum atomic E-state index is 13.0. The monoisotopic (exact) mass is 330 g/mol. The maximum Gasteiger partial charge on any atom is 0.244 e.